The van der Waals surface area contributed by atoms with E-state index in [1.54, 1.807) is 0 Å². The van der Waals surface area contributed by atoms with Gasteiger partial charge in [0.1, 0.15) is 0 Å². The van der Waals surface area contributed by atoms with Crippen LogP contribution in [0, 0.1) is 5.41 Å². The quantitative estimate of drug-likeness (QED) is 0.327. The van der Waals surface area contributed by atoms with Gasteiger partial charge in [-0.3, -0.25) is 0 Å². The van der Waals surface area contributed by atoms with E-state index in [0.717, 1.165) is 25.7 Å². The molecule has 0 saturated heterocycles. The molecule has 1 unspecified atom stereocenters. The van der Waals surface area contributed by atoms with Crippen LogP contribution in [0.3, 0.4) is 0 Å². The van der Waals surface area contributed by atoms with Crippen LogP contribution in [0.2, 0.25) is 0 Å². The molecule has 0 aliphatic carbocycles. The number of carbonyl (C=O) groups is 1. The van der Waals surface area contributed by atoms with Crippen molar-refractivity contribution in [1.82, 2.24) is 0 Å². The summed E-state index contributed by atoms with van der Waals surface area (Å²) in [7, 11) is 1.51. The molecule has 0 aliphatic heterocycles. The van der Waals surface area contributed by atoms with Crippen molar-refractivity contribution >= 4 is 5.97 Å². The Morgan fingerprint density at radius 2 is 1.08 bits per heavy atom. The normalized spacial score (nSPS) is 13.0. The highest BCUT2D eigenvalue weighted by Crippen LogP contribution is 2.31. The number of carboxylic acids is 1. The van der Waals surface area contributed by atoms with Gasteiger partial charge in [-0.2, -0.15) is 0 Å². The van der Waals surface area contributed by atoms with Crippen LogP contribution >= 0.6 is 0 Å². The third kappa shape index (κ3) is 18.0. The van der Waals surface area contributed by atoms with Gasteiger partial charge >= 0.3 is 0 Å². The fraction of sp³-hybridized carbons (Fsp3) is 0.952. The van der Waals surface area contributed by atoms with Gasteiger partial charge in [-0.1, -0.05) is 104 Å². The topological polar surface area (TPSA) is 77.0 Å². The molecule has 1 atom stereocenters. The molecule has 0 aromatic rings. The molecule has 0 aromatic carbocycles. The molecule has 25 heavy (non-hydrogen) atoms. The van der Waals surface area contributed by atoms with Crippen LogP contribution in [0.1, 0.15) is 117 Å². The first-order valence-corrected chi connectivity index (χ1v) is 10.5. The highest BCUT2D eigenvalue weighted by Gasteiger charge is 2.24. The molecule has 0 aliphatic rings. The van der Waals surface area contributed by atoms with Gasteiger partial charge in [0.2, 0.25) is 0 Å². The van der Waals surface area contributed by atoms with Crippen LogP contribution in [-0.4, -0.2) is 13.1 Å². The molecule has 0 spiro atoms. The van der Waals surface area contributed by atoms with Gasteiger partial charge in [-0.25, -0.2) is 10.7 Å². The standard InChI is InChI=1S/C20H40O2.CH6NO/c1-4-6-8-10-12-14-16-18-20(3,19(21)22)17-15-13-11-9-7-5-2;1-3-2/h4-18H2,1-3H3,(H,21,22);1-2H3/q;+1/p-1. The molecule has 0 amide bonds. The molecule has 0 radical (unpaired) electrons. The van der Waals surface area contributed by atoms with Crippen molar-refractivity contribution in [3.8, 4) is 0 Å². The maximum atomic E-state index is 11.5. The number of carbonyl (C=O) groups excluding carboxylic acids is 1. The van der Waals surface area contributed by atoms with E-state index in [1.807, 2.05) is 6.92 Å². The predicted octanol–water partition coefficient (Wildman–Crippen LogP) is 4.42. The molecule has 0 heterocycles. The minimum absolute atomic E-state index is 0.603. The maximum Gasteiger partial charge on any atom is 0.0951 e. The van der Waals surface area contributed by atoms with E-state index < -0.39 is 11.4 Å². The second-order valence-corrected chi connectivity index (χ2v) is 7.53. The Kier molecular flexibility index (Phi) is 21.0. The van der Waals surface area contributed by atoms with Crippen LogP contribution in [-0.2, 0) is 9.63 Å². The van der Waals surface area contributed by atoms with Crippen LogP contribution < -0.4 is 11.0 Å². The lowest BCUT2D eigenvalue weighted by Crippen LogP contribution is -2.46. The Hall–Kier alpha value is -0.610. The Labute approximate surface area is 156 Å². The number of unbranched alkanes of at least 4 members (excludes halogenated alkanes) is 11. The zero-order chi connectivity index (χ0) is 19.4. The van der Waals surface area contributed by atoms with Gasteiger partial charge in [-0.15, -0.1) is 0 Å². The second-order valence-electron chi connectivity index (χ2n) is 7.53. The molecular weight excluding hydrogens is 314 g/mol. The van der Waals surface area contributed by atoms with E-state index >= 15 is 0 Å². The van der Waals surface area contributed by atoms with Crippen LogP contribution in [0.4, 0.5) is 0 Å². The highest BCUT2D eigenvalue weighted by atomic mass is 16.6. The summed E-state index contributed by atoms with van der Waals surface area (Å²) in [5.41, 5.74) is -0.603. The monoisotopic (exact) mass is 359 g/mol. The Balaban J connectivity index is 0. The Bertz CT molecular complexity index is 284. The highest BCUT2D eigenvalue weighted by molar-refractivity contribution is 5.71. The van der Waals surface area contributed by atoms with E-state index in [9.17, 15) is 9.90 Å². The van der Waals surface area contributed by atoms with Crippen LogP contribution in [0.5, 0.6) is 0 Å². The second kappa shape index (κ2) is 19.7. The summed E-state index contributed by atoms with van der Waals surface area (Å²) in [6.45, 7) is 6.34. The van der Waals surface area contributed by atoms with Gasteiger partial charge in [0.05, 0.1) is 7.11 Å². The molecule has 4 heteroatoms. The van der Waals surface area contributed by atoms with Crippen molar-refractivity contribution < 1.29 is 20.6 Å². The lowest BCUT2D eigenvalue weighted by molar-refractivity contribution is -0.679. The lowest BCUT2D eigenvalue weighted by atomic mass is 9.80. The molecule has 0 fully saturated rings. The zero-order valence-electron chi connectivity index (χ0n) is 17.5. The molecule has 3 N–H and O–H groups in total. The number of quaternary nitrogens is 1. The fourth-order valence-corrected chi connectivity index (χ4v) is 3.10. The summed E-state index contributed by atoms with van der Waals surface area (Å²) in [5, 5.41) is 11.5. The summed E-state index contributed by atoms with van der Waals surface area (Å²) in [5.74, 6) is 2.15. The minimum atomic E-state index is -0.841. The first kappa shape index (κ1) is 26.6. The van der Waals surface area contributed by atoms with E-state index in [2.05, 4.69) is 24.6 Å². The van der Waals surface area contributed by atoms with E-state index in [0.29, 0.717) is 0 Å². The average molecular weight is 360 g/mol. The van der Waals surface area contributed by atoms with Crippen LogP contribution in [0.15, 0.2) is 0 Å². The van der Waals surface area contributed by atoms with Crippen molar-refractivity contribution in [2.24, 2.45) is 5.41 Å². The van der Waals surface area contributed by atoms with E-state index in [-0.39, 0.29) is 0 Å². The number of hydrogen-bond acceptors (Lipinski definition) is 3. The van der Waals surface area contributed by atoms with Crippen molar-refractivity contribution in [3.05, 3.63) is 0 Å². The summed E-state index contributed by atoms with van der Waals surface area (Å²) in [4.78, 5) is 15.5. The molecule has 0 aromatic heterocycles. The predicted molar refractivity (Wildman–Crippen MR) is 104 cm³/mol. The lowest BCUT2D eigenvalue weighted by Gasteiger charge is -2.31. The van der Waals surface area contributed by atoms with Gasteiger partial charge in [0.25, 0.3) is 0 Å². The van der Waals surface area contributed by atoms with Crippen molar-refractivity contribution in [2.45, 2.75) is 117 Å². The largest absolute Gasteiger partial charge is 0.550 e. The Morgan fingerprint density at radius 1 is 0.800 bits per heavy atom. The minimum Gasteiger partial charge on any atom is -0.550 e. The summed E-state index contributed by atoms with van der Waals surface area (Å²) < 4.78 is 0. The molecule has 0 saturated carbocycles. The van der Waals surface area contributed by atoms with Crippen molar-refractivity contribution in [1.29, 1.82) is 0 Å². The first-order chi connectivity index (χ1) is 12.0. The average Bonchev–Trinajstić information content (AvgIpc) is 2.58. The SMILES string of the molecule is CCCCCCCCCC(C)(CCCCCCCC)C(=O)[O-].CO[NH3+]. The summed E-state index contributed by atoms with van der Waals surface area (Å²) >= 11 is 0. The zero-order valence-corrected chi connectivity index (χ0v) is 17.5. The maximum absolute atomic E-state index is 11.5. The fourth-order valence-electron chi connectivity index (χ4n) is 3.10. The van der Waals surface area contributed by atoms with E-state index in [1.165, 1.54) is 77.7 Å². The molecule has 152 valence electrons. The number of carboxylic acid groups (broad SMARTS) is 1. The summed E-state index contributed by atoms with van der Waals surface area (Å²) in [6.07, 6.45) is 17.6. The molecule has 0 rings (SSSR count). The molecular formula is C21H45NO3. The first-order valence-electron chi connectivity index (χ1n) is 10.5. The van der Waals surface area contributed by atoms with Gasteiger partial charge < -0.3 is 9.90 Å². The molecule has 0 bridgehead atoms. The van der Waals surface area contributed by atoms with Crippen molar-refractivity contribution in [3.63, 3.8) is 0 Å². The Morgan fingerprint density at radius 3 is 1.36 bits per heavy atom. The molecule has 4 nitrogen and oxygen atoms in total. The van der Waals surface area contributed by atoms with Crippen molar-refractivity contribution in [2.75, 3.05) is 7.11 Å². The smallest absolute Gasteiger partial charge is 0.0951 e. The summed E-state index contributed by atoms with van der Waals surface area (Å²) in [6, 6.07) is 0. The number of rotatable bonds is 16. The van der Waals surface area contributed by atoms with Gasteiger partial charge in [0, 0.05) is 11.4 Å². The number of aliphatic carboxylic acids is 1. The third-order valence-electron chi connectivity index (χ3n) is 4.91. The number of hydrogen-bond donors (Lipinski definition) is 1. The third-order valence-corrected chi connectivity index (χ3v) is 4.91. The van der Waals surface area contributed by atoms with Gasteiger partial charge in [-0.05, 0) is 12.8 Å². The van der Waals surface area contributed by atoms with E-state index in [4.69, 9.17) is 0 Å². The van der Waals surface area contributed by atoms with Gasteiger partial charge in [0.15, 0.2) is 0 Å². The van der Waals surface area contributed by atoms with Crippen LogP contribution in [0.25, 0.3) is 0 Å².